The second-order valence-electron chi connectivity index (χ2n) is 5.92. The fourth-order valence-electron chi connectivity index (χ4n) is 2.47. The normalized spacial score (nSPS) is 11.1. The number of ether oxygens (including phenoxy) is 1. The zero-order valence-electron chi connectivity index (χ0n) is 14.9. The molecule has 0 saturated heterocycles. The van der Waals surface area contributed by atoms with E-state index in [0.29, 0.717) is 5.57 Å². The number of hydrogen-bond donors (Lipinski definition) is 0. The maximum Gasteiger partial charge on any atom is 0.134 e. The number of nitrogens with zero attached hydrogens (tertiary/aromatic N) is 3. The molecule has 0 fully saturated rings. The van der Waals surface area contributed by atoms with Crippen molar-refractivity contribution in [3.63, 3.8) is 0 Å². The van der Waals surface area contributed by atoms with Gasteiger partial charge in [0.05, 0.1) is 18.4 Å². The Morgan fingerprint density at radius 3 is 2.38 bits per heavy atom. The van der Waals surface area contributed by atoms with Crippen molar-refractivity contribution in [1.29, 1.82) is 5.26 Å². The minimum atomic E-state index is 0.562. The smallest absolute Gasteiger partial charge is 0.134 e. The fourth-order valence-corrected chi connectivity index (χ4v) is 3.26. The van der Waals surface area contributed by atoms with E-state index in [1.807, 2.05) is 79.0 Å². The summed E-state index contributed by atoms with van der Waals surface area (Å²) < 4.78 is 5.18. The van der Waals surface area contributed by atoms with Crippen LogP contribution in [0.15, 0.2) is 53.9 Å². The van der Waals surface area contributed by atoms with Gasteiger partial charge in [0.15, 0.2) is 0 Å². The van der Waals surface area contributed by atoms with Gasteiger partial charge in [-0.3, -0.25) is 0 Å². The lowest BCUT2D eigenvalue weighted by Crippen LogP contribution is -2.07. The quantitative estimate of drug-likeness (QED) is 0.603. The number of aromatic nitrogens is 1. The SMILES string of the molecule is COc1ccc(-c2csc(C(C#N)=Cc3ccc(N(C)C)cc3)n2)cc1. The van der Waals surface area contributed by atoms with Crippen molar-refractivity contribution >= 4 is 28.7 Å². The summed E-state index contributed by atoms with van der Waals surface area (Å²) in [6.07, 6.45) is 1.87. The predicted molar refractivity (Wildman–Crippen MR) is 108 cm³/mol. The highest BCUT2D eigenvalue weighted by molar-refractivity contribution is 7.11. The molecule has 0 aliphatic heterocycles. The molecule has 0 N–H and O–H groups in total. The van der Waals surface area contributed by atoms with E-state index in [9.17, 15) is 5.26 Å². The number of hydrogen-bond acceptors (Lipinski definition) is 5. The van der Waals surface area contributed by atoms with Gasteiger partial charge >= 0.3 is 0 Å². The van der Waals surface area contributed by atoms with Gasteiger partial charge in [-0.05, 0) is 48.0 Å². The van der Waals surface area contributed by atoms with Crippen molar-refractivity contribution in [2.45, 2.75) is 0 Å². The number of nitriles is 1. The molecule has 0 bridgehead atoms. The van der Waals surface area contributed by atoms with Gasteiger partial charge in [0, 0.05) is 30.7 Å². The Morgan fingerprint density at radius 1 is 1.12 bits per heavy atom. The lowest BCUT2D eigenvalue weighted by Gasteiger charge is -2.11. The Balaban J connectivity index is 1.86. The first-order valence-electron chi connectivity index (χ1n) is 8.10. The second-order valence-corrected chi connectivity index (χ2v) is 6.78. The van der Waals surface area contributed by atoms with Crippen molar-refractivity contribution < 1.29 is 4.74 Å². The van der Waals surface area contributed by atoms with Crippen molar-refractivity contribution in [2.24, 2.45) is 0 Å². The van der Waals surface area contributed by atoms with Crippen LogP contribution in [0.1, 0.15) is 10.6 Å². The van der Waals surface area contributed by atoms with E-state index >= 15 is 0 Å². The molecule has 0 unspecified atom stereocenters. The van der Waals surface area contributed by atoms with E-state index in [4.69, 9.17) is 4.74 Å². The van der Waals surface area contributed by atoms with E-state index in [2.05, 4.69) is 11.1 Å². The predicted octanol–water partition coefficient (Wildman–Crippen LogP) is 4.95. The van der Waals surface area contributed by atoms with Crippen LogP contribution in [0, 0.1) is 11.3 Å². The van der Waals surface area contributed by atoms with E-state index < -0.39 is 0 Å². The molecule has 4 nitrogen and oxygen atoms in total. The first kappa shape index (κ1) is 17.7. The Labute approximate surface area is 157 Å². The molecule has 0 aliphatic carbocycles. The minimum absolute atomic E-state index is 0.562. The van der Waals surface area contributed by atoms with Crippen molar-refractivity contribution in [1.82, 2.24) is 4.98 Å². The van der Waals surface area contributed by atoms with E-state index in [0.717, 1.165) is 33.3 Å². The average molecular weight is 361 g/mol. The van der Waals surface area contributed by atoms with E-state index in [1.165, 1.54) is 11.3 Å². The summed E-state index contributed by atoms with van der Waals surface area (Å²) in [5.41, 5.74) is 4.52. The number of rotatable bonds is 5. The molecule has 0 atom stereocenters. The summed E-state index contributed by atoms with van der Waals surface area (Å²) in [5, 5.41) is 12.2. The molecule has 2 aromatic carbocycles. The van der Waals surface area contributed by atoms with E-state index in [1.54, 1.807) is 7.11 Å². The highest BCUT2D eigenvalue weighted by atomic mass is 32.1. The lowest BCUT2D eigenvalue weighted by molar-refractivity contribution is 0.415. The van der Waals surface area contributed by atoms with Gasteiger partial charge in [0.1, 0.15) is 16.8 Å². The van der Waals surface area contributed by atoms with Gasteiger partial charge in [0.2, 0.25) is 0 Å². The Bertz CT molecular complexity index is 948. The zero-order chi connectivity index (χ0) is 18.5. The first-order chi connectivity index (χ1) is 12.6. The van der Waals surface area contributed by atoms with Crippen LogP contribution in [0.5, 0.6) is 5.75 Å². The summed E-state index contributed by atoms with van der Waals surface area (Å²) in [6.45, 7) is 0. The van der Waals surface area contributed by atoms with Crippen LogP contribution >= 0.6 is 11.3 Å². The minimum Gasteiger partial charge on any atom is -0.497 e. The molecule has 1 aromatic heterocycles. The number of benzene rings is 2. The van der Waals surface area contributed by atoms with Crippen LogP contribution in [-0.4, -0.2) is 26.2 Å². The summed E-state index contributed by atoms with van der Waals surface area (Å²) in [5.74, 6) is 0.808. The lowest BCUT2D eigenvalue weighted by atomic mass is 10.1. The topological polar surface area (TPSA) is 49.1 Å². The number of thiazole rings is 1. The highest BCUT2D eigenvalue weighted by Gasteiger charge is 2.09. The van der Waals surface area contributed by atoms with Crippen molar-refractivity contribution in [2.75, 3.05) is 26.1 Å². The first-order valence-corrected chi connectivity index (χ1v) is 8.98. The van der Waals surface area contributed by atoms with Crippen LogP contribution in [-0.2, 0) is 0 Å². The van der Waals surface area contributed by atoms with Crippen molar-refractivity contribution in [3.05, 3.63) is 64.5 Å². The number of allylic oxidation sites excluding steroid dienone is 1. The Hall–Kier alpha value is -3.10. The standard InChI is InChI=1S/C21H19N3OS/c1-24(2)18-8-4-15(5-9-18)12-17(13-22)21-23-20(14-26-21)16-6-10-19(25-3)11-7-16/h4-12,14H,1-3H3. The summed E-state index contributed by atoms with van der Waals surface area (Å²) >= 11 is 1.47. The van der Waals surface area contributed by atoms with Crippen LogP contribution in [0.4, 0.5) is 5.69 Å². The molecule has 26 heavy (non-hydrogen) atoms. The van der Waals surface area contributed by atoms with Gasteiger partial charge in [-0.1, -0.05) is 12.1 Å². The van der Waals surface area contributed by atoms with Gasteiger partial charge in [0.25, 0.3) is 0 Å². The second kappa shape index (κ2) is 7.85. The van der Waals surface area contributed by atoms with Gasteiger partial charge in [-0.25, -0.2) is 4.98 Å². The third-order valence-corrected chi connectivity index (χ3v) is 4.84. The largest absolute Gasteiger partial charge is 0.497 e. The zero-order valence-corrected chi connectivity index (χ0v) is 15.7. The molecule has 3 aromatic rings. The third kappa shape index (κ3) is 3.93. The van der Waals surface area contributed by atoms with Crippen LogP contribution in [0.3, 0.4) is 0 Å². The number of methoxy groups -OCH3 is 1. The van der Waals surface area contributed by atoms with Crippen LogP contribution < -0.4 is 9.64 Å². The molecule has 0 amide bonds. The molecule has 3 rings (SSSR count). The molecular formula is C21H19N3OS. The van der Waals surface area contributed by atoms with Gasteiger partial charge in [-0.2, -0.15) is 5.26 Å². The maximum absolute atomic E-state index is 9.56. The molecule has 0 spiro atoms. The van der Waals surface area contributed by atoms with Crippen LogP contribution in [0.2, 0.25) is 0 Å². The molecule has 0 aliphatic rings. The average Bonchev–Trinajstić information content (AvgIpc) is 3.16. The summed E-state index contributed by atoms with van der Waals surface area (Å²) in [6, 6.07) is 18.1. The molecule has 130 valence electrons. The van der Waals surface area contributed by atoms with Gasteiger partial charge in [-0.15, -0.1) is 11.3 Å². The molecular weight excluding hydrogens is 342 g/mol. The molecule has 5 heteroatoms. The monoisotopic (exact) mass is 361 g/mol. The van der Waals surface area contributed by atoms with Crippen molar-refractivity contribution in [3.8, 4) is 23.1 Å². The van der Waals surface area contributed by atoms with Gasteiger partial charge < -0.3 is 9.64 Å². The third-order valence-electron chi connectivity index (χ3n) is 3.96. The number of anilines is 1. The summed E-state index contributed by atoms with van der Waals surface area (Å²) in [4.78, 5) is 6.67. The van der Waals surface area contributed by atoms with Crippen LogP contribution in [0.25, 0.3) is 22.9 Å². The summed E-state index contributed by atoms with van der Waals surface area (Å²) in [7, 11) is 5.65. The highest BCUT2D eigenvalue weighted by Crippen LogP contribution is 2.28. The fraction of sp³-hybridized carbons (Fsp3) is 0.143. The molecule has 0 radical (unpaired) electrons. The van der Waals surface area contributed by atoms with E-state index in [-0.39, 0.29) is 0 Å². The maximum atomic E-state index is 9.56. The molecule has 0 saturated carbocycles. The molecule has 1 heterocycles. The Morgan fingerprint density at radius 2 is 1.81 bits per heavy atom. The Kier molecular flexibility index (Phi) is 5.35.